The Morgan fingerprint density at radius 2 is 1.85 bits per heavy atom. The molecular weight excluding hydrogens is 324 g/mol. The van der Waals surface area contributed by atoms with E-state index >= 15 is 0 Å². The Hall–Kier alpha value is -1.55. The van der Waals surface area contributed by atoms with Crippen LogP contribution in [0.1, 0.15) is 51.4 Å². The molecule has 5 aliphatic rings. The highest BCUT2D eigenvalue weighted by molar-refractivity contribution is 5.80. The zero-order chi connectivity index (χ0) is 17.8. The first-order valence-corrected chi connectivity index (χ1v) is 10.4. The van der Waals surface area contributed by atoms with E-state index in [9.17, 15) is 9.90 Å². The Morgan fingerprint density at radius 3 is 2.54 bits per heavy atom. The molecule has 0 aromatic heterocycles. The van der Waals surface area contributed by atoms with Crippen LogP contribution in [0.2, 0.25) is 0 Å². The predicted molar refractivity (Wildman–Crippen MR) is 102 cm³/mol. The zero-order valence-corrected chi connectivity index (χ0v) is 15.5. The van der Waals surface area contributed by atoms with Gasteiger partial charge in [-0.3, -0.25) is 4.79 Å². The molecule has 0 radical (unpaired) electrons. The van der Waals surface area contributed by atoms with E-state index in [0.29, 0.717) is 11.8 Å². The lowest BCUT2D eigenvalue weighted by molar-refractivity contribution is -0.152. The van der Waals surface area contributed by atoms with Crippen molar-refractivity contribution in [2.24, 2.45) is 17.8 Å². The van der Waals surface area contributed by atoms with Crippen LogP contribution < -0.4 is 10.2 Å². The fraction of sp³-hybridized carbons (Fsp3) is 0.682. The van der Waals surface area contributed by atoms with E-state index in [1.165, 1.54) is 12.1 Å². The lowest BCUT2D eigenvalue weighted by Crippen LogP contribution is -2.66. The Balaban J connectivity index is 1.28. The Kier molecular flexibility index (Phi) is 3.82. The maximum atomic E-state index is 13.1. The van der Waals surface area contributed by atoms with Crippen molar-refractivity contribution in [1.82, 2.24) is 5.32 Å². The highest BCUT2D eigenvalue weighted by Gasteiger charge is 2.57. The number of anilines is 1. The number of amides is 1. The zero-order valence-electron chi connectivity index (χ0n) is 15.5. The van der Waals surface area contributed by atoms with Gasteiger partial charge < -0.3 is 15.3 Å². The third-order valence-corrected chi connectivity index (χ3v) is 7.33. The number of hydrogen-bond acceptors (Lipinski definition) is 3. The van der Waals surface area contributed by atoms with Gasteiger partial charge in [-0.1, -0.05) is 18.2 Å². The number of nitrogens with zero attached hydrogens (tertiary/aromatic N) is 1. The SMILES string of the molecule is O=C(NC12C[C@@H]3C[C@@H](CC(O)(C3)C1)C2)[C@H]1CCCN(c2ccccc2)C1. The fourth-order valence-electron chi connectivity index (χ4n) is 6.79. The first-order chi connectivity index (χ1) is 12.5. The van der Waals surface area contributed by atoms with Crippen LogP contribution >= 0.6 is 0 Å². The van der Waals surface area contributed by atoms with Crippen molar-refractivity contribution in [2.45, 2.75) is 62.5 Å². The van der Waals surface area contributed by atoms with Crippen LogP contribution in [0.5, 0.6) is 0 Å². The molecular formula is C22H30N2O2. The largest absolute Gasteiger partial charge is 0.390 e. The molecule has 4 heteroatoms. The van der Waals surface area contributed by atoms with Crippen molar-refractivity contribution in [3.8, 4) is 0 Å². The molecule has 4 aliphatic carbocycles. The number of carbonyl (C=O) groups is 1. The standard InChI is InChI=1S/C22H30N2O2/c25-20(18-5-4-8-24(14-18)19-6-2-1-3-7-19)23-21-10-16-9-17(11-21)13-22(26,12-16)15-21/h1-3,6-7,16-18,26H,4-5,8-15H2,(H,23,25)/t16-,17+,18-,21?,22?/m0/s1. The normalized spacial score (nSPS) is 41.3. The monoisotopic (exact) mass is 354 g/mol. The third kappa shape index (κ3) is 2.92. The van der Waals surface area contributed by atoms with Gasteiger partial charge in [0.15, 0.2) is 0 Å². The van der Waals surface area contributed by atoms with Gasteiger partial charge >= 0.3 is 0 Å². The highest BCUT2D eigenvalue weighted by Crippen LogP contribution is 2.57. The summed E-state index contributed by atoms with van der Waals surface area (Å²) < 4.78 is 0. The number of para-hydroxylation sites is 1. The molecule has 1 aromatic carbocycles. The summed E-state index contributed by atoms with van der Waals surface area (Å²) in [5.41, 5.74) is 0.569. The van der Waals surface area contributed by atoms with E-state index in [1.807, 2.05) is 6.07 Å². The third-order valence-electron chi connectivity index (χ3n) is 7.33. The minimum atomic E-state index is -0.514. The molecule has 1 aliphatic heterocycles. The van der Waals surface area contributed by atoms with Gasteiger partial charge in [0.1, 0.15) is 0 Å². The van der Waals surface area contributed by atoms with Gasteiger partial charge in [0.05, 0.1) is 11.5 Å². The second-order valence-corrected chi connectivity index (χ2v) is 9.58. The van der Waals surface area contributed by atoms with Crippen molar-refractivity contribution in [3.05, 3.63) is 30.3 Å². The smallest absolute Gasteiger partial charge is 0.225 e. The van der Waals surface area contributed by atoms with Crippen molar-refractivity contribution >= 4 is 11.6 Å². The molecule has 26 heavy (non-hydrogen) atoms. The Labute approximate surface area is 156 Å². The molecule has 140 valence electrons. The molecule has 1 aromatic rings. The molecule has 1 amide bonds. The van der Waals surface area contributed by atoms with Gasteiger partial charge in [0.2, 0.25) is 5.91 Å². The summed E-state index contributed by atoms with van der Waals surface area (Å²) in [7, 11) is 0. The quantitative estimate of drug-likeness (QED) is 0.877. The average molecular weight is 354 g/mol. The van der Waals surface area contributed by atoms with E-state index in [-0.39, 0.29) is 17.4 Å². The van der Waals surface area contributed by atoms with Crippen LogP contribution in [0.15, 0.2) is 30.3 Å². The fourth-order valence-corrected chi connectivity index (χ4v) is 6.79. The van der Waals surface area contributed by atoms with Crippen LogP contribution in [0.3, 0.4) is 0 Å². The Bertz CT molecular complexity index is 675. The van der Waals surface area contributed by atoms with E-state index in [4.69, 9.17) is 0 Å². The topological polar surface area (TPSA) is 52.6 Å². The number of rotatable bonds is 3. The number of nitrogens with one attached hydrogen (secondary N) is 1. The highest BCUT2D eigenvalue weighted by atomic mass is 16.3. The molecule has 1 heterocycles. The second kappa shape index (κ2) is 5.98. The molecule has 4 bridgehead atoms. The van der Waals surface area contributed by atoms with Crippen LogP contribution in [-0.2, 0) is 4.79 Å². The summed E-state index contributed by atoms with van der Waals surface area (Å²) in [5, 5.41) is 14.4. The van der Waals surface area contributed by atoms with Crippen LogP contribution in [0, 0.1) is 17.8 Å². The van der Waals surface area contributed by atoms with E-state index < -0.39 is 5.60 Å². The molecule has 5 fully saturated rings. The minimum absolute atomic E-state index is 0.0617. The summed E-state index contributed by atoms with van der Waals surface area (Å²) in [6.45, 7) is 1.84. The first kappa shape index (κ1) is 16.6. The van der Waals surface area contributed by atoms with Crippen molar-refractivity contribution < 1.29 is 9.90 Å². The molecule has 2 N–H and O–H groups in total. The van der Waals surface area contributed by atoms with Gasteiger partial charge in [-0.25, -0.2) is 0 Å². The van der Waals surface area contributed by atoms with E-state index in [0.717, 1.165) is 58.0 Å². The molecule has 1 saturated heterocycles. The summed E-state index contributed by atoms with van der Waals surface area (Å²) in [4.78, 5) is 15.5. The van der Waals surface area contributed by atoms with Crippen molar-refractivity contribution in [3.63, 3.8) is 0 Å². The van der Waals surface area contributed by atoms with Crippen LogP contribution in [0.25, 0.3) is 0 Å². The maximum Gasteiger partial charge on any atom is 0.225 e. The van der Waals surface area contributed by atoms with Gasteiger partial charge in [-0.05, 0) is 75.3 Å². The molecule has 4 saturated carbocycles. The molecule has 5 atom stereocenters. The van der Waals surface area contributed by atoms with Crippen molar-refractivity contribution in [2.75, 3.05) is 18.0 Å². The van der Waals surface area contributed by atoms with Gasteiger partial charge in [0.25, 0.3) is 0 Å². The molecule has 6 rings (SSSR count). The van der Waals surface area contributed by atoms with E-state index in [2.05, 4.69) is 34.5 Å². The average Bonchev–Trinajstić information content (AvgIpc) is 2.60. The summed E-state index contributed by atoms with van der Waals surface area (Å²) >= 11 is 0. The molecule has 2 unspecified atom stereocenters. The summed E-state index contributed by atoms with van der Waals surface area (Å²) in [6.07, 6.45) is 8.12. The number of hydrogen-bond donors (Lipinski definition) is 2. The van der Waals surface area contributed by atoms with Crippen molar-refractivity contribution in [1.29, 1.82) is 0 Å². The number of benzene rings is 1. The summed E-state index contributed by atoms with van der Waals surface area (Å²) in [6, 6.07) is 10.4. The lowest BCUT2D eigenvalue weighted by atomic mass is 9.51. The number of carbonyl (C=O) groups excluding carboxylic acids is 1. The number of piperidine rings is 1. The predicted octanol–water partition coefficient (Wildman–Crippen LogP) is 3.10. The van der Waals surface area contributed by atoms with Gasteiger partial charge in [-0.15, -0.1) is 0 Å². The van der Waals surface area contributed by atoms with Crippen LogP contribution in [0.4, 0.5) is 5.69 Å². The van der Waals surface area contributed by atoms with Gasteiger partial charge in [-0.2, -0.15) is 0 Å². The maximum absolute atomic E-state index is 13.1. The minimum Gasteiger partial charge on any atom is -0.390 e. The number of aliphatic hydroxyl groups is 1. The first-order valence-electron chi connectivity index (χ1n) is 10.4. The van der Waals surface area contributed by atoms with Crippen LogP contribution in [-0.4, -0.2) is 35.2 Å². The Morgan fingerprint density at radius 1 is 1.12 bits per heavy atom. The summed E-state index contributed by atoms with van der Waals surface area (Å²) in [5.74, 6) is 1.49. The molecule has 0 spiro atoms. The van der Waals surface area contributed by atoms with Gasteiger partial charge in [0, 0.05) is 24.3 Å². The second-order valence-electron chi connectivity index (χ2n) is 9.58. The molecule has 4 nitrogen and oxygen atoms in total. The van der Waals surface area contributed by atoms with E-state index in [1.54, 1.807) is 0 Å². The lowest BCUT2D eigenvalue weighted by Gasteiger charge is -2.60.